The number of aliphatic hydroxyl groups is 1. The Balaban J connectivity index is 1.98. The van der Waals surface area contributed by atoms with E-state index in [0.29, 0.717) is 10.8 Å². The predicted octanol–water partition coefficient (Wildman–Crippen LogP) is 0.765. The van der Waals surface area contributed by atoms with Crippen LogP contribution in [0.5, 0.6) is 5.75 Å². The topological polar surface area (TPSA) is 87.1 Å². The molecule has 0 aromatic heterocycles. The normalized spacial score (nSPS) is 21.8. The molecule has 1 aliphatic rings. The lowest BCUT2D eigenvalue weighted by Gasteiger charge is -2.21. The maximum Gasteiger partial charge on any atom is 0.326 e. The highest BCUT2D eigenvalue weighted by molar-refractivity contribution is 6.32. The van der Waals surface area contributed by atoms with E-state index in [0.717, 1.165) is 4.90 Å². The van der Waals surface area contributed by atoms with Crippen molar-refractivity contribution in [3.05, 3.63) is 29.3 Å². The third-order valence-electron chi connectivity index (χ3n) is 3.07. The molecule has 108 valence electrons. The summed E-state index contributed by atoms with van der Waals surface area (Å²) < 4.78 is 5.28. The second-order valence-electron chi connectivity index (χ2n) is 4.51. The highest BCUT2D eigenvalue weighted by atomic mass is 35.5. The first-order valence-electron chi connectivity index (χ1n) is 6.06. The maximum absolute atomic E-state index is 12.0. The number of amides is 1. The molecule has 0 saturated carbocycles. The fourth-order valence-electron chi connectivity index (χ4n) is 2.11. The number of carbonyl (C=O) groups is 2. The lowest BCUT2D eigenvalue weighted by molar-refractivity contribution is -0.148. The molecule has 1 aromatic carbocycles. The van der Waals surface area contributed by atoms with Gasteiger partial charge in [0.25, 0.3) is 5.91 Å². The van der Waals surface area contributed by atoms with Crippen molar-refractivity contribution in [2.45, 2.75) is 18.6 Å². The van der Waals surface area contributed by atoms with Crippen LogP contribution >= 0.6 is 11.6 Å². The number of benzene rings is 1. The predicted molar refractivity (Wildman–Crippen MR) is 70.7 cm³/mol. The van der Waals surface area contributed by atoms with Crippen molar-refractivity contribution < 1.29 is 24.5 Å². The summed E-state index contributed by atoms with van der Waals surface area (Å²) in [6, 6.07) is 5.68. The minimum absolute atomic E-state index is 0.00167. The van der Waals surface area contributed by atoms with Crippen molar-refractivity contribution >= 4 is 23.5 Å². The zero-order valence-corrected chi connectivity index (χ0v) is 11.3. The van der Waals surface area contributed by atoms with Gasteiger partial charge in [-0.15, -0.1) is 0 Å². The Morgan fingerprint density at radius 1 is 1.40 bits per heavy atom. The van der Waals surface area contributed by atoms with Crippen molar-refractivity contribution in [1.29, 1.82) is 0 Å². The summed E-state index contributed by atoms with van der Waals surface area (Å²) >= 11 is 5.89. The molecule has 7 heteroatoms. The molecule has 0 aliphatic carbocycles. The number of aliphatic carboxylic acids is 1. The van der Waals surface area contributed by atoms with E-state index in [2.05, 4.69) is 0 Å². The Morgan fingerprint density at radius 3 is 2.75 bits per heavy atom. The Morgan fingerprint density at radius 2 is 2.10 bits per heavy atom. The molecule has 2 rings (SSSR count). The zero-order valence-electron chi connectivity index (χ0n) is 10.5. The number of hydrogen-bond donors (Lipinski definition) is 2. The van der Waals surface area contributed by atoms with Gasteiger partial charge in [-0.1, -0.05) is 23.7 Å². The molecule has 2 atom stereocenters. The van der Waals surface area contributed by atoms with E-state index < -0.39 is 24.0 Å². The molecule has 0 unspecified atom stereocenters. The van der Waals surface area contributed by atoms with Gasteiger partial charge >= 0.3 is 5.97 Å². The number of nitrogens with zero attached hydrogens (tertiary/aromatic N) is 1. The number of hydrogen-bond acceptors (Lipinski definition) is 4. The van der Waals surface area contributed by atoms with Crippen molar-refractivity contribution in [1.82, 2.24) is 4.90 Å². The van der Waals surface area contributed by atoms with Crippen LogP contribution in [0.15, 0.2) is 24.3 Å². The summed E-state index contributed by atoms with van der Waals surface area (Å²) in [6.07, 6.45) is -0.784. The fraction of sp³-hybridized carbons (Fsp3) is 0.385. The van der Waals surface area contributed by atoms with Crippen LogP contribution in [0.1, 0.15) is 6.42 Å². The number of β-amino-alcohol motifs (C(OH)–C–C–N with tert-alkyl or cyclic N) is 1. The van der Waals surface area contributed by atoms with Gasteiger partial charge in [-0.3, -0.25) is 4.79 Å². The number of para-hydroxylation sites is 1. The minimum Gasteiger partial charge on any atom is -0.482 e. The minimum atomic E-state index is -1.13. The maximum atomic E-state index is 12.0. The SMILES string of the molecule is O=C(O)[C@@H]1C[C@H](O)CN1C(=O)COc1ccccc1Cl. The number of carbonyl (C=O) groups excluding carboxylic acids is 1. The van der Waals surface area contributed by atoms with Crippen LogP contribution in [0.2, 0.25) is 5.02 Å². The average molecular weight is 300 g/mol. The van der Waals surface area contributed by atoms with Gasteiger partial charge in [0.2, 0.25) is 0 Å². The Kier molecular flexibility index (Phi) is 4.46. The Bertz CT molecular complexity index is 521. The first kappa shape index (κ1) is 14.6. The van der Waals surface area contributed by atoms with Crippen LogP contribution in [0.25, 0.3) is 0 Å². The number of likely N-dealkylation sites (tertiary alicyclic amines) is 1. The summed E-state index contributed by atoms with van der Waals surface area (Å²) in [4.78, 5) is 24.1. The number of carboxylic acids is 1. The third kappa shape index (κ3) is 3.20. The van der Waals surface area contributed by atoms with Gasteiger partial charge in [-0.25, -0.2) is 4.79 Å². The highest BCUT2D eigenvalue weighted by Gasteiger charge is 2.38. The lowest BCUT2D eigenvalue weighted by Crippen LogP contribution is -2.42. The smallest absolute Gasteiger partial charge is 0.326 e. The standard InChI is InChI=1S/C13H14ClNO5/c14-9-3-1-2-4-11(9)20-7-12(17)15-6-8(16)5-10(15)13(18)19/h1-4,8,10,16H,5-7H2,(H,18,19)/t8-,10-/m0/s1. The van der Waals surface area contributed by atoms with Crippen LogP contribution in [0, 0.1) is 0 Å². The third-order valence-corrected chi connectivity index (χ3v) is 3.38. The van der Waals surface area contributed by atoms with E-state index in [4.69, 9.17) is 21.4 Å². The van der Waals surface area contributed by atoms with E-state index in [-0.39, 0.29) is 19.6 Å². The summed E-state index contributed by atoms with van der Waals surface area (Å²) in [7, 11) is 0. The van der Waals surface area contributed by atoms with Crippen molar-refractivity contribution in [2.75, 3.05) is 13.2 Å². The molecular formula is C13H14ClNO5. The molecule has 6 nitrogen and oxygen atoms in total. The second-order valence-corrected chi connectivity index (χ2v) is 4.92. The molecule has 0 spiro atoms. The summed E-state index contributed by atoms with van der Waals surface area (Å²) in [5, 5.41) is 18.9. The molecule has 20 heavy (non-hydrogen) atoms. The van der Waals surface area contributed by atoms with Crippen molar-refractivity contribution in [3.63, 3.8) is 0 Å². The van der Waals surface area contributed by atoms with Gasteiger partial charge in [0.1, 0.15) is 11.8 Å². The van der Waals surface area contributed by atoms with Crippen molar-refractivity contribution in [2.24, 2.45) is 0 Å². The van der Waals surface area contributed by atoms with E-state index in [1.54, 1.807) is 24.3 Å². The van der Waals surface area contributed by atoms with E-state index in [9.17, 15) is 14.7 Å². The molecule has 0 bridgehead atoms. The molecule has 1 saturated heterocycles. The van der Waals surface area contributed by atoms with Crippen LogP contribution in [-0.2, 0) is 9.59 Å². The monoisotopic (exact) mass is 299 g/mol. The molecule has 1 aromatic rings. The molecule has 0 radical (unpaired) electrons. The number of rotatable bonds is 4. The molecular weight excluding hydrogens is 286 g/mol. The number of aliphatic hydroxyl groups excluding tert-OH is 1. The molecule has 1 amide bonds. The summed E-state index contributed by atoms with van der Waals surface area (Å²) in [5.74, 6) is -1.27. The van der Waals surface area contributed by atoms with Gasteiger partial charge < -0.3 is 19.8 Å². The van der Waals surface area contributed by atoms with E-state index in [1.165, 1.54) is 0 Å². The number of halogens is 1. The van der Waals surface area contributed by atoms with Crippen LogP contribution < -0.4 is 4.74 Å². The Hall–Kier alpha value is -1.79. The lowest BCUT2D eigenvalue weighted by atomic mass is 10.2. The number of carboxylic acid groups (broad SMARTS) is 1. The van der Waals surface area contributed by atoms with E-state index >= 15 is 0 Å². The second kappa shape index (κ2) is 6.11. The van der Waals surface area contributed by atoms with E-state index in [1.807, 2.05) is 0 Å². The largest absolute Gasteiger partial charge is 0.482 e. The summed E-state index contributed by atoms with van der Waals surface area (Å²) in [6.45, 7) is -0.318. The molecule has 1 fully saturated rings. The molecule has 1 aliphatic heterocycles. The Labute approximate surface area is 120 Å². The van der Waals surface area contributed by atoms with Crippen LogP contribution in [-0.4, -0.2) is 52.3 Å². The number of ether oxygens (including phenoxy) is 1. The average Bonchev–Trinajstić information content (AvgIpc) is 2.80. The van der Waals surface area contributed by atoms with Gasteiger partial charge in [-0.2, -0.15) is 0 Å². The first-order valence-corrected chi connectivity index (χ1v) is 6.44. The fourth-order valence-corrected chi connectivity index (χ4v) is 2.30. The van der Waals surface area contributed by atoms with Gasteiger partial charge in [0.15, 0.2) is 6.61 Å². The first-order chi connectivity index (χ1) is 9.49. The quantitative estimate of drug-likeness (QED) is 0.857. The molecule has 2 N–H and O–H groups in total. The van der Waals surface area contributed by atoms with Crippen molar-refractivity contribution in [3.8, 4) is 5.75 Å². The van der Waals surface area contributed by atoms with Gasteiger partial charge in [-0.05, 0) is 12.1 Å². The highest BCUT2D eigenvalue weighted by Crippen LogP contribution is 2.24. The van der Waals surface area contributed by atoms with Crippen LogP contribution in [0.3, 0.4) is 0 Å². The summed E-state index contributed by atoms with van der Waals surface area (Å²) in [5.41, 5.74) is 0. The zero-order chi connectivity index (χ0) is 14.7. The van der Waals surface area contributed by atoms with Crippen LogP contribution in [0.4, 0.5) is 0 Å². The molecule has 1 heterocycles. The van der Waals surface area contributed by atoms with Gasteiger partial charge in [0.05, 0.1) is 11.1 Å². The van der Waals surface area contributed by atoms with Gasteiger partial charge in [0, 0.05) is 13.0 Å².